The monoisotopic (exact) mass is 649 g/mol. The van der Waals surface area contributed by atoms with E-state index in [1.54, 1.807) is 0 Å². The van der Waals surface area contributed by atoms with Gasteiger partial charge in [0.05, 0.1) is 63.9 Å². The summed E-state index contributed by atoms with van der Waals surface area (Å²) in [7, 11) is -10.2. The Bertz CT molecular complexity index is 872. The largest absolute Gasteiger partial charge is 3.00 e. The molecule has 0 unspecified atom stereocenters. The van der Waals surface area contributed by atoms with E-state index in [-0.39, 0.29) is 73.2 Å². The first-order valence-corrected chi connectivity index (χ1v) is 16.9. The third-order valence-corrected chi connectivity index (χ3v) is 9.97. The van der Waals surface area contributed by atoms with Gasteiger partial charge in [0.25, 0.3) is 0 Å². The minimum atomic E-state index is -3.41. The van der Waals surface area contributed by atoms with E-state index in [4.69, 9.17) is 32.2 Å². The Balaban J connectivity index is 0.000000563. The van der Waals surface area contributed by atoms with Crippen LogP contribution in [0.25, 0.3) is 0 Å². The van der Waals surface area contributed by atoms with E-state index in [9.17, 15) is 38.3 Å². The van der Waals surface area contributed by atoms with Crippen molar-refractivity contribution in [3.05, 3.63) is 0 Å². The average Bonchev–Trinajstić information content (AvgIpc) is 2.75. The maximum absolute atomic E-state index is 11.5. The first kappa shape index (κ1) is 39.4. The Labute approximate surface area is 244 Å². The van der Waals surface area contributed by atoms with E-state index in [1.807, 2.05) is 41.5 Å². The molecule has 19 heteroatoms. The summed E-state index contributed by atoms with van der Waals surface area (Å²) < 4.78 is 63.9. The van der Waals surface area contributed by atoms with Crippen LogP contribution in [0.4, 0.5) is 0 Å². The van der Waals surface area contributed by atoms with Crippen molar-refractivity contribution in [3.63, 3.8) is 0 Å². The van der Waals surface area contributed by atoms with Gasteiger partial charge in [0.2, 0.25) is 0 Å². The third kappa shape index (κ3) is 15.6. The van der Waals surface area contributed by atoms with Gasteiger partial charge < -0.3 is 52.1 Å². The molecular formula is C21H37AlO15P3+. The molecule has 3 saturated heterocycles. The van der Waals surface area contributed by atoms with Gasteiger partial charge in [-0.1, -0.05) is 41.5 Å². The van der Waals surface area contributed by atoms with Crippen LogP contribution >= 0.6 is 22.8 Å². The summed E-state index contributed by atoms with van der Waals surface area (Å²) in [5.41, 5.74) is -0.605. The maximum atomic E-state index is 11.5. The van der Waals surface area contributed by atoms with Gasteiger partial charge >= 0.3 is 46.1 Å². The Kier molecular flexibility index (Phi) is 15.0. The fourth-order valence-corrected chi connectivity index (χ4v) is 7.64. The van der Waals surface area contributed by atoms with Crippen LogP contribution in [0.5, 0.6) is 0 Å². The van der Waals surface area contributed by atoms with Gasteiger partial charge in [-0.25, -0.2) is 0 Å². The molecule has 3 heterocycles. The van der Waals surface area contributed by atoms with Gasteiger partial charge in [0, 0.05) is 16.2 Å². The molecule has 40 heavy (non-hydrogen) atoms. The van der Waals surface area contributed by atoms with Gasteiger partial charge in [-0.2, -0.15) is 0 Å². The Hall–Kier alpha value is -0.608. The number of carbonyl (C=O) groups is 3. The molecule has 3 fully saturated rings. The minimum Gasteiger partial charge on any atom is -0.549 e. The summed E-state index contributed by atoms with van der Waals surface area (Å²) in [5.74, 6) is -3.99. The molecule has 0 atom stereocenters. The summed E-state index contributed by atoms with van der Waals surface area (Å²) >= 11 is 0. The van der Waals surface area contributed by atoms with Gasteiger partial charge in [-0.05, 0) is 0 Å². The van der Waals surface area contributed by atoms with Crippen LogP contribution < -0.4 is 10.2 Å². The molecule has 1 N–H and O–H groups in total. The van der Waals surface area contributed by atoms with Crippen LogP contribution in [0, 0.1) is 16.2 Å². The Morgan fingerprint density at radius 3 is 0.950 bits per heavy atom. The van der Waals surface area contributed by atoms with Crippen molar-refractivity contribution in [2.75, 3.05) is 58.1 Å². The number of rotatable bonds is 6. The summed E-state index contributed by atoms with van der Waals surface area (Å²) in [6, 6.07) is 0. The van der Waals surface area contributed by atoms with Crippen LogP contribution in [0.3, 0.4) is 0 Å². The van der Waals surface area contributed by atoms with Gasteiger partial charge in [-0.3, -0.25) is 18.5 Å². The zero-order valence-electron chi connectivity index (χ0n) is 23.4. The van der Waals surface area contributed by atoms with Crippen LogP contribution in [0.15, 0.2) is 0 Å². The van der Waals surface area contributed by atoms with Gasteiger partial charge in [0.15, 0.2) is 0 Å². The topological polar surface area (TPSA) is 224 Å². The van der Waals surface area contributed by atoms with Crippen molar-refractivity contribution in [1.82, 2.24) is 0 Å². The SMILES string of the molecule is CC1(C)COP(=O)(CC(=O)O)OC1.CC1(C)COP(=O)(CC(=O)[O-])OC1.CC1(C)COP(=O)(CC(=O)[O-])OC1.[Al+3]. The third-order valence-electron chi connectivity index (χ3n) is 4.89. The molecular weight excluding hydrogens is 612 g/mol. The van der Waals surface area contributed by atoms with Crippen molar-refractivity contribution in [3.8, 4) is 0 Å². The number of hydrogen-bond acceptors (Lipinski definition) is 14. The average molecular weight is 649 g/mol. The predicted octanol–water partition coefficient (Wildman–Crippen LogP) is 0.961. The number of carboxylic acid groups (broad SMARTS) is 3. The molecule has 0 radical (unpaired) electrons. The van der Waals surface area contributed by atoms with E-state index < -0.39 is 59.2 Å². The second-order valence-corrected chi connectivity index (χ2v) is 17.7. The first-order valence-electron chi connectivity index (χ1n) is 11.8. The van der Waals surface area contributed by atoms with E-state index in [1.165, 1.54) is 0 Å². The summed E-state index contributed by atoms with van der Waals surface area (Å²) in [5, 5.41) is 28.8. The molecule has 3 rings (SSSR count). The number of carbonyl (C=O) groups excluding carboxylic acids is 2. The molecule has 15 nitrogen and oxygen atoms in total. The van der Waals surface area contributed by atoms with Crippen LogP contribution in [0.2, 0.25) is 0 Å². The van der Waals surface area contributed by atoms with Gasteiger partial charge in [-0.15, -0.1) is 0 Å². The van der Waals surface area contributed by atoms with Crippen molar-refractivity contribution >= 4 is 58.1 Å². The van der Waals surface area contributed by atoms with Crippen molar-refractivity contribution < 1.29 is 70.5 Å². The van der Waals surface area contributed by atoms with E-state index in [0.717, 1.165) is 0 Å². The fourth-order valence-electron chi connectivity index (χ4n) is 2.63. The normalized spacial score (nSPS) is 24.8. The van der Waals surface area contributed by atoms with Crippen molar-refractivity contribution in [2.45, 2.75) is 41.5 Å². The molecule has 0 aromatic carbocycles. The van der Waals surface area contributed by atoms with Gasteiger partial charge in [0.1, 0.15) is 6.16 Å². The summed E-state index contributed by atoms with van der Waals surface area (Å²) in [6.07, 6.45) is -1.88. The molecule has 3 aliphatic rings. The molecule has 0 saturated carbocycles. The van der Waals surface area contributed by atoms with E-state index >= 15 is 0 Å². The quantitative estimate of drug-likeness (QED) is 0.312. The molecule has 0 aromatic rings. The van der Waals surface area contributed by atoms with Crippen molar-refractivity contribution in [2.24, 2.45) is 16.2 Å². The zero-order valence-corrected chi connectivity index (χ0v) is 27.3. The molecule has 0 aromatic heterocycles. The number of carboxylic acids is 3. The molecule has 0 spiro atoms. The first-order chi connectivity index (χ1) is 17.5. The number of aliphatic carboxylic acids is 3. The maximum Gasteiger partial charge on any atom is 3.00 e. The van der Waals surface area contributed by atoms with Crippen LogP contribution in [0.1, 0.15) is 41.5 Å². The molecule has 3 aliphatic heterocycles. The molecule has 0 bridgehead atoms. The van der Waals surface area contributed by atoms with E-state index in [0.29, 0.717) is 0 Å². The van der Waals surface area contributed by atoms with Crippen LogP contribution in [-0.4, -0.2) is 98.5 Å². The second-order valence-electron chi connectivity index (χ2n) is 11.6. The number of hydrogen-bond donors (Lipinski definition) is 1. The summed E-state index contributed by atoms with van der Waals surface area (Å²) in [4.78, 5) is 30.7. The minimum absolute atomic E-state index is 0. The molecule has 0 amide bonds. The zero-order chi connectivity index (χ0) is 30.3. The predicted molar refractivity (Wildman–Crippen MR) is 138 cm³/mol. The molecule has 228 valence electrons. The van der Waals surface area contributed by atoms with Crippen molar-refractivity contribution in [1.29, 1.82) is 0 Å². The smallest absolute Gasteiger partial charge is 0.549 e. The van der Waals surface area contributed by atoms with Crippen LogP contribution in [-0.2, 0) is 55.2 Å². The Morgan fingerprint density at radius 2 is 0.775 bits per heavy atom. The Morgan fingerprint density at radius 1 is 0.575 bits per heavy atom. The van der Waals surface area contributed by atoms with E-state index in [2.05, 4.69) is 0 Å². The molecule has 0 aliphatic carbocycles. The standard InChI is InChI=1S/3C7H13O5P.Al/c3*1-7(2)4-11-13(10,12-5-7)3-6(8)9;/h3*3-5H2,1-2H3,(H,8,9);/q;;;+3/p-2. The summed E-state index contributed by atoms with van der Waals surface area (Å²) in [6.45, 7) is 12.9. The second kappa shape index (κ2) is 15.2. The fraction of sp³-hybridized carbons (Fsp3) is 0.857.